The SMILES string of the molecule is CC1=C(C(C)C)C=NC=CC1C. The first kappa shape index (κ1) is 9.24. The van der Waals surface area contributed by atoms with Gasteiger partial charge < -0.3 is 0 Å². The molecule has 0 spiro atoms. The fourth-order valence-electron chi connectivity index (χ4n) is 1.42. The van der Waals surface area contributed by atoms with Gasteiger partial charge in [0.05, 0.1) is 0 Å². The van der Waals surface area contributed by atoms with Crippen molar-refractivity contribution in [1.29, 1.82) is 0 Å². The molecule has 0 aromatic rings. The van der Waals surface area contributed by atoms with Crippen LogP contribution in [-0.4, -0.2) is 6.21 Å². The van der Waals surface area contributed by atoms with E-state index in [0.717, 1.165) is 0 Å². The summed E-state index contributed by atoms with van der Waals surface area (Å²) in [5, 5.41) is 0. The molecule has 1 aliphatic rings. The average molecular weight is 163 g/mol. The Labute approximate surface area is 74.9 Å². The van der Waals surface area contributed by atoms with Gasteiger partial charge in [0.25, 0.3) is 0 Å². The van der Waals surface area contributed by atoms with Crippen LogP contribution in [0.15, 0.2) is 28.4 Å². The lowest BCUT2D eigenvalue weighted by atomic mass is 9.92. The van der Waals surface area contributed by atoms with E-state index in [1.165, 1.54) is 11.1 Å². The number of aliphatic imine (C=N–C) groups is 1. The highest BCUT2D eigenvalue weighted by Crippen LogP contribution is 2.22. The van der Waals surface area contributed by atoms with Gasteiger partial charge >= 0.3 is 0 Å². The van der Waals surface area contributed by atoms with Crippen LogP contribution < -0.4 is 0 Å². The van der Waals surface area contributed by atoms with Crippen molar-refractivity contribution in [3.63, 3.8) is 0 Å². The van der Waals surface area contributed by atoms with Gasteiger partial charge in [-0.1, -0.05) is 32.4 Å². The summed E-state index contributed by atoms with van der Waals surface area (Å²) in [5.74, 6) is 1.11. The number of hydrogen-bond acceptors (Lipinski definition) is 1. The summed E-state index contributed by atoms with van der Waals surface area (Å²) in [6.07, 6.45) is 6.02. The van der Waals surface area contributed by atoms with Gasteiger partial charge in [-0.3, -0.25) is 4.99 Å². The van der Waals surface area contributed by atoms with Gasteiger partial charge in [0.2, 0.25) is 0 Å². The van der Waals surface area contributed by atoms with Crippen LogP contribution >= 0.6 is 0 Å². The van der Waals surface area contributed by atoms with E-state index in [0.29, 0.717) is 11.8 Å². The number of hydrogen-bond donors (Lipinski definition) is 0. The van der Waals surface area contributed by atoms with E-state index < -0.39 is 0 Å². The zero-order valence-electron chi connectivity index (χ0n) is 8.33. The highest BCUT2D eigenvalue weighted by atomic mass is 14.7. The van der Waals surface area contributed by atoms with Gasteiger partial charge in [-0.2, -0.15) is 0 Å². The third kappa shape index (κ3) is 1.84. The number of allylic oxidation sites excluding steroid dienone is 3. The molecule has 1 aliphatic heterocycles. The molecule has 0 saturated carbocycles. The van der Waals surface area contributed by atoms with E-state index in [2.05, 4.69) is 38.8 Å². The lowest BCUT2D eigenvalue weighted by Crippen LogP contribution is -2.02. The Kier molecular flexibility index (Phi) is 2.85. The zero-order valence-corrected chi connectivity index (χ0v) is 8.33. The molecule has 0 aromatic heterocycles. The number of rotatable bonds is 1. The second kappa shape index (κ2) is 3.70. The van der Waals surface area contributed by atoms with Crippen molar-refractivity contribution >= 4 is 6.21 Å². The molecule has 1 atom stereocenters. The molecule has 0 radical (unpaired) electrons. The van der Waals surface area contributed by atoms with Crippen molar-refractivity contribution in [3.8, 4) is 0 Å². The normalized spacial score (nSPS) is 23.6. The van der Waals surface area contributed by atoms with Crippen molar-refractivity contribution in [1.82, 2.24) is 0 Å². The largest absolute Gasteiger partial charge is 0.265 e. The molecule has 0 amide bonds. The summed E-state index contributed by atoms with van der Waals surface area (Å²) >= 11 is 0. The van der Waals surface area contributed by atoms with Crippen LogP contribution in [0.25, 0.3) is 0 Å². The second-order valence-electron chi connectivity index (χ2n) is 3.70. The predicted octanol–water partition coefficient (Wildman–Crippen LogP) is 3.19. The molecule has 0 N–H and O–H groups in total. The first-order valence-electron chi connectivity index (χ1n) is 4.53. The van der Waals surface area contributed by atoms with Crippen LogP contribution in [0.1, 0.15) is 27.7 Å². The summed E-state index contributed by atoms with van der Waals surface area (Å²) in [7, 11) is 0. The zero-order chi connectivity index (χ0) is 9.14. The third-order valence-corrected chi connectivity index (χ3v) is 2.43. The van der Waals surface area contributed by atoms with Crippen molar-refractivity contribution in [2.45, 2.75) is 27.7 Å². The minimum Gasteiger partial charge on any atom is -0.265 e. The Morgan fingerprint density at radius 1 is 1.42 bits per heavy atom. The lowest BCUT2D eigenvalue weighted by molar-refractivity contribution is 0.758. The van der Waals surface area contributed by atoms with Gasteiger partial charge in [-0.25, -0.2) is 0 Å². The van der Waals surface area contributed by atoms with Crippen molar-refractivity contribution < 1.29 is 0 Å². The van der Waals surface area contributed by atoms with Crippen LogP contribution in [0, 0.1) is 11.8 Å². The molecular formula is C11H17N. The van der Waals surface area contributed by atoms with Crippen LogP contribution in [0.2, 0.25) is 0 Å². The molecule has 1 unspecified atom stereocenters. The van der Waals surface area contributed by atoms with E-state index in [4.69, 9.17) is 0 Å². The molecule has 66 valence electrons. The fourth-order valence-corrected chi connectivity index (χ4v) is 1.42. The monoisotopic (exact) mass is 163 g/mol. The standard InChI is InChI=1S/C11H17N/c1-8(2)11-7-12-6-5-9(3)10(11)4/h5-9H,1-4H3. The molecular weight excluding hydrogens is 146 g/mol. The molecule has 1 heterocycles. The summed E-state index contributed by atoms with van der Waals surface area (Å²) in [6.45, 7) is 8.83. The first-order valence-corrected chi connectivity index (χ1v) is 4.53. The molecule has 0 fully saturated rings. The van der Waals surface area contributed by atoms with Crippen molar-refractivity contribution in [2.75, 3.05) is 0 Å². The van der Waals surface area contributed by atoms with E-state index >= 15 is 0 Å². The Balaban J connectivity index is 3.01. The summed E-state index contributed by atoms with van der Waals surface area (Å²) in [5.41, 5.74) is 2.83. The van der Waals surface area contributed by atoms with Crippen LogP contribution in [-0.2, 0) is 0 Å². The summed E-state index contributed by atoms with van der Waals surface area (Å²) in [4.78, 5) is 4.21. The topological polar surface area (TPSA) is 12.4 Å². The van der Waals surface area contributed by atoms with Crippen LogP contribution in [0.3, 0.4) is 0 Å². The van der Waals surface area contributed by atoms with Crippen LogP contribution in [0.5, 0.6) is 0 Å². The van der Waals surface area contributed by atoms with Gasteiger partial charge in [0.15, 0.2) is 0 Å². The fraction of sp³-hybridized carbons (Fsp3) is 0.545. The van der Waals surface area contributed by atoms with Crippen LogP contribution in [0.4, 0.5) is 0 Å². The van der Waals surface area contributed by atoms with Gasteiger partial charge in [-0.05, 0) is 24.3 Å². The maximum Gasteiger partial charge on any atom is 0.0301 e. The second-order valence-corrected chi connectivity index (χ2v) is 3.70. The molecule has 12 heavy (non-hydrogen) atoms. The Morgan fingerprint density at radius 3 is 2.67 bits per heavy atom. The molecule has 1 nitrogen and oxygen atoms in total. The van der Waals surface area contributed by atoms with Crippen molar-refractivity contribution in [2.24, 2.45) is 16.8 Å². The molecule has 0 aliphatic carbocycles. The molecule has 1 heteroatoms. The average Bonchev–Trinajstić information content (AvgIpc) is 2.15. The molecule has 0 bridgehead atoms. The lowest BCUT2D eigenvalue weighted by Gasteiger charge is -2.13. The highest BCUT2D eigenvalue weighted by Gasteiger charge is 2.10. The Morgan fingerprint density at radius 2 is 2.08 bits per heavy atom. The predicted molar refractivity (Wildman–Crippen MR) is 54.3 cm³/mol. The first-order chi connectivity index (χ1) is 5.63. The van der Waals surface area contributed by atoms with Gasteiger partial charge in [0, 0.05) is 12.4 Å². The van der Waals surface area contributed by atoms with E-state index in [-0.39, 0.29) is 0 Å². The van der Waals surface area contributed by atoms with Gasteiger partial charge in [0.1, 0.15) is 0 Å². The number of nitrogens with zero attached hydrogens (tertiary/aromatic N) is 1. The minimum atomic E-state index is 0.532. The van der Waals surface area contributed by atoms with E-state index in [1.807, 2.05) is 12.4 Å². The molecule has 0 aromatic carbocycles. The summed E-state index contributed by atoms with van der Waals surface area (Å²) < 4.78 is 0. The van der Waals surface area contributed by atoms with Crippen molar-refractivity contribution in [3.05, 3.63) is 23.4 Å². The smallest absolute Gasteiger partial charge is 0.0301 e. The minimum absolute atomic E-state index is 0.532. The maximum atomic E-state index is 4.21. The van der Waals surface area contributed by atoms with E-state index in [9.17, 15) is 0 Å². The summed E-state index contributed by atoms with van der Waals surface area (Å²) in [6, 6.07) is 0. The molecule has 1 rings (SSSR count). The van der Waals surface area contributed by atoms with Gasteiger partial charge in [-0.15, -0.1) is 0 Å². The third-order valence-electron chi connectivity index (χ3n) is 2.43. The Hall–Kier alpha value is -0.850. The maximum absolute atomic E-state index is 4.21. The quantitative estimate of drug-likeness (QED) is 0.563. The molecule has 0 saturated heterocycles. The Bertz CT molecular complexity index is 244. The van der Waals surface area contributed by atoms with E-state index in [1.54, 1.807) is 0 Å². The highest BCUT2D eigenvalue weighted by molar-refractivity contribution is 5.81.